The summed E-state index contributed by atoms with van der Waals surface area (Å²) in [5.74, 6) is -0.0333. The van der Waals surface area contributed by atoms with Crippen molar-refractivity contribution in [3.8, 4) is 0 Å². The lowest BCUT2D eigenvalue weighted by Crippen LogP contribution is -2.51. The first-order valence-electron chi connectivity index (χ1n) is 10.7. The zero-order chi connectivity index (χ0) is 21.4. The van der Waals surface area contributed by atoms with Crippen molar-refractivity contribution in [3.63, 3.8) is 0 Å². The zero-order valence-electron chi connectivity index (χ0n) is 17.0. The summed E-state index contributed by atoms with van der Waals surface area (Å²) in [4.78, 5) is 17.5. The van der Waals surface area contributed by atoms with E-state index >= 15 is 0 Å². The number of carbonyl (C=O) groups excluding carboxylic acids is 1. The summed E-state index contributed by atoms with van der Waals surface area (Å²) in [6.07, 6.45) is 4.47. The van der Waals surface area contributed by atoms with Crippen molar-refractivity contribution in [2.45, 2.75) is 37.3 Å². The number of thioether (sulfide) groups is 1. The number of fused-ring (bicyclic) bond motifs is 1. The van der Waals surface area contributed by atoms with E-state index in [1.165, 1.54) is 36.7 Å². The minimum absolute atomic E-state index is 0.0485. The molecule has 3 atom stereocenters. The molecule has 3 aliphatic rings. The van der Waals surface area contributed by atoms with Gasteiger partial charge in [-0.05, 0) is 37.0 Å². The van der Waals surface area contributed by atoms with E-state index in [1.807, 2.05) is 6.07 Å². The smallest absolute Gasteiger partial charge is 0.257 e. The number of hydrogen-bond acceptors (Lipinski definition) is 4. The van der Waals surface area contributed by atoms with Crippen LogP contribution in [0.1, 0.15) is 41.6 Å². The Morgan fingerprint density at radius 3 is 2.74 bits per heavy atom. The van der Waals surface area contributed by atoms with Crippen molar-refractivity contribution in [1.29, 1.82) is 0 Å². The summed E-state index contributed by atoms with van der Waals surface area (Å²) in [5, 5.41) is 3.31. The van der Waals surface area contributed by atoms with Crippen LogP contribution in [0.3, 0.4) is 0 Å². The summed E-state index contributed by atoms with van der Waals surface area (Å²) in [5.41, 5.74) is -0.114. The largest absolute Gasteiger partial charge is 0.375 e. The number of ether oxygens (including phenoxy) is 1. The number of amidine groups is 1. The van der Waals surface area contributed by atoms with E-state index in [0.29, 0.717) is 22.0 Å². The molecule has 2 aliphatic heterocycles. The monoisotopic (exact) mass is 442 g/mol. The van der Waals surface area contributed by atoms with Gasteiger partial charge in [-0.1, -0.05) is 48.9 Å². The molecule has 5 rings (SSSR count). The highest BCUT2D eigenvalue weighted by atomic mass is 32.2. The molecule has 1 amide bonds. The fourth-order valence-electron chi connectivity index (χ4n) is 4.58. The van der Waals surface area contributed by atoms with Gasteiger partial charge < -0.3 is 10.1 Å². The summed E-state index contributed by atoms with van der Waals surface area (Å²) in [6.45, 7) is 0.225. The lowest BCUT2D eigenvalue weighted by Gasteiger charge is -2.46. The van der Waals surface area contributed by atoms with Crippen LogP contribution in [0.15, 0.2) is 53.5 Å². The van der Waals surface area contributed by atoms with Crippen LogP contribution < -0.4 is 5.32 Å². The maximum atomic E-state index is 14.9. The van der Waals surface area contributed by atoms with Crippen molar-refractivity contribution >= 4 is 22.8 Å². The number of aliphatic imine (C=N–C) groups is 1. The Bertz CT molecular complexity index is 1010. The number of halogens is 2. The first-order chi connectivity index (χ1) is 15.0. The molecule has 2 aromatic carbocycles. The topological polar surface area (TPSA) is 50.7 Å². The second-order valence-corrected chi connectivity index (χ2v) is 9.65. The van der Waals surface area contributed by atoms with E-state index in [1.54, 1.807) is 24.3 Å². The van der Waals surface area contributed by atoms with Gasteiger partial charge >= 0.3 is 0 Å². The molecule has 1 aliphatic carbocycles. The summed E-state index contributed by atoms with van der Waals surface area (Å²) in [7, 11) is 0. The second kappa shape index (κ2) is 8.36. The van der Waals surface area contributed by atoms with Gasteiger partial charge in [-0.3, -0.25) is 4.79 Å². The molecule has 1 saturated heterocycles. The SMILES string of the molecule is O=C(NC1=N[C@@]2(c3ccc(F)cc3F)CO[C@@H](CC3CC3)C[C@H]2CS1)c1ccccc1. The third-order valence-corrected chi connectivity index (χ3v) is 7.47. The van der Waals surface area contributed by atoms with E-state index in [9.17, 15) is 13.6 Å². The van der Waals surface area contributed by atoms with E-state index in [4.69, 9.17) is 9.73 Å². The molecule has 1 N–H and O–H groups in total. The van der Waals surface area contributed by atoms with Crippen molar-refractivity contribution in [2.75, 3.05) is 12.4 Å². The Morgan fingerprint density at radius 1 is 1.19 bits per heavy atom. The fraction of sp³-hybridized carbons (Fsp3) is 0.417. The maximum Gasteiger partial charge on any atom is 0.257 e. The summed E-state index contributed by atoms with van der Waals surface area (Å²) in [6, 6.07) is 12.5. The molecule has 1 saturated carbocycles. The Morgan fingerprint density at radius 2 is 2.00 bits per heavy atom. The van der Waals surface area contributed by atoms with E-state index in [2.05, 4.69) is 5.32 Å². The maximum absolute atomic E-state index is 14.9. The van der Waals surface area contributed by atoms with Crippen molar-refractivity contribution in [1.82, 2.24) is 5.32 Å². The predicted octanol–water partition coefficient (Wildman–Crippen LogP) is 4.90. The van der Waals surface area contributed by atoms with Gasteiger partial charge in [0.05, 0.1) is 12.7 Å². The molecule has 162 valence electrons. The Kier molecular flexibility index (Phi) is 5.56. The van der Waals surface area contributed by atoms with Crippen LogP contribution in [0.5, 0.6) is 0 Å². The first kappa shape index (κ1) is 20.6. The average molecular weight is 443 g/mol. The van der Waals surface area contributed by atoms with Gasteiger partial charge in [0.1, 0.15) is 17.2 Å². The van der Waals surface area contributed by atoms with Crippen LogP contribution in [0.25, 0.3) is 0 Å². The summed E-state index contributed by atoms with van der Waals surface area (Å²) < 4.78 is 34.7. The third-order valence-electron chi connectivity index (χ3n) is 6.43. The van der Waals surface area contributed by atoms with Crippen molar-refractivity contribution in [3.05, 3.63) is 71.3 Å². The van der Waals surface area contributed by atoms with E-state index < -0.39 is 17.2 Å². The molecular weight excluding hydrogens is 418 g/mol. The second-order valence-electron chi connectivity index (χ2n) is 8.64. The molecule has 2 fully saturated rings. The van der Waals surface area contributed by atoms with Gasteiger partial charge in [0.2, 0.25) is 0 Å². The Balaban J connectivity index is 1.46. The number of nitrogens with zero attached hydrogens (tertiary/aromatic N) is 1. The van der Waals surface area contributed by atoms with Gasteiger partial charge in [0.25, 0.3) is 5.91 Å². The molecule has 4 nitrogen and oxygen atoms in total. The lowest BCUT2D eigenvalue weighted by molar-refractivity contribution is -0.0621. The van der Waals surface area contributed by atoms with Gasteiger partial charge in [0.15, 0.2) is 5.17 Å². The molecule has 7 heteroatoms. The van der Waals surface area contributed by atoms with Crippen LogP contribution in [0, 0.1) is 23.5 Å². The van der Waals surface area contributed by atoms with Crippen molar-refractivity contribution in [2.24, 2.45) is 16.8 Å². The highest BCUT2D eigenvalue weighted by Crippen LogP contribution is 2.48. The number of rotatable bonds is 4. The van der Waals surface area contributed by atoms with Gasteiger partial charge in [-0.2, -0.15) is 0 Å². The number of carbonyl (C=O) groups is 1. The molecule has 0 aromatic heterocycles. The van der Waals surface area contributed by atoms with Crippen LogP contribution in [-0.2, 0) is 10.3 Å². The zero-order valence-corrected chi connectivity index (χ0v) is 17.8. The minimum Gasteiger partial charge on any atom is -0.375 e. The van der Waals surface area contributed by atoms with E-state index in [-0.39, 0.29) is 24.5 Å². The molecule has 0 radical (unpaired) electrons. The molecule has 2 heterocycles. The number of benzene rings is 2. The quantitative estimate of drug-likeness (QED) is 0.733. The van der Waals surface area contributed by atoms with Crippen LogP contribution in [0.2, 0.25) is 0 Å². The van der Waals surface area contributed by atoms with Crippen LogP contribution in [-0.4, -0.2) is 29.5 Å². The Hall–Kier alpha value is -2.25. The number of hydrogen-bond donors (Lipinski definition) is 1. The minimum atomic E-state index is -0.970. The van der Waals surface area contributed by atoms with Crippen LogP contribution in [0.4, 0.5) is 8.78 Å². The van der Waals surface area contributed by atoms with E-state index in [0.717, 1.165) is 24.8 Å². The molecule has 2 aromatic rings. The fourth-order valence-corrected chi connectivity index (χ4v) is 5.74. The lowest BCUT2D eigenvalue weighted by atomic mass is 9.74. The summed E-state index contributed by atoms with van der Waals surface area (Å²) >= 11 is 1.48. The highest BCUT2D eigenvalue weighted by molar-refractivity contribution is 8.13. The molecule has 31 heavy (non-hydrogen) atoms. The third kappa shape index (κ3) is 4.26. The Labute approximate surface area is 184 Å². The van der Waals surface area contributed by atoms with Gasteiger partial charge in [-0.15, -0.1) is 0 Å². The number of nitrogens with one attached hydrogen (secondary N) is 1. The molecular formula is C24H24F2N2O2S. The number of amides is 1. The molecule has 0 unspecified atom stereocenters. The molecule has 0 spiro atoms. The van der Waals surface area contributed by atoms with Gasteiger partial charge in [-0.25, -0.2) is 13.8 Å². The normalized spacial score (nSPS) is 27.9. The highest BCUT2D eigenvalue weighted by Gasteiger charge is 2.50. The molecule has 0 bridgehead atoms. The average Bonchev–Trinajstić information content (AvgIpc) is 3.58. The van der Waals surface area contributed by atoms with Gasteiger partial charge in [0, 0.05) is 28.9 Å². The van der Waals surface area contributed by atoms with Crippen molar-refractivity contribution < 1.29 is 18.3 Å². The predicted molar refractivity (Wildman–Crippen MR) is 117 cm³/mol. The first-order valence-corrected chi connectivity index (χ1v) is 11.7. The van der Waals surface area contributed by atoms with Crippen LogP contribution >= 0.6 is 11.8 Å². The standard InChI is InChI=1S/C24H24F2N2O2S/c25-18-8-9-20(21(26)12-18)24-14-30-19(10-15-6-7-15)11-17(24)13-31-23(28-24)27-22(29)16-4-2-1-3-5-16/h1-5,8-9,12,15,17,19H,6-7,10-11,13-14H2,(H,27,28,29)/t17-,19-,24-/m0/s1.